The molecule has 2 nitrogen and oxygen atoms in total. The summed E-state index contributed by atoms with van der Waals surface area (Å²) in [7, 11) is 0. The van der Waals surface area contributed by atoms with E-state index in [-0.39, 0.29) is 0 Å². The lowest BCUT2D eigenvalue weighted by molar-refractivity contribution is 0.882. The molecule has 0 aromatic rings. The smallest absolute Gasteiger partial charge is 0.0178 e. The van der Waals surface area contributed by atoms with E-state index < -0.39 is 0 Å². The van der Waals surface area contributed by atoms with Gasteiger partial charge in [0.2, 0.25) is 0 Å². The van der Waals surface area contributed by atoms with Crippen LogP contribution in [-0.2, 0) is 0 Å². The van der Waals surface area contributed by atoms with Crippen molar-refractivity contribution in [3.8, 4) is 0 Å². The van der Waals surface area contributed by atoms with Gasteiger partial charge in [-0.15, -0.1) is 0 Å². The van der Waals surface area contributed by atoms with Crippen molar-refractivity contribution < 1.29 is 0 Å². The monoisotopic (exact) mass is 138 g/mol. The Morgan fingerprint density at radius 2 is 2.10 bits per heavy atom. The molecule has 2 heteroatoms. The Bertz CT molecular complexity index is 168. The summed E-state index contributed by atoms with van der Waals surface area (Å²) in [6.07, 6.45) is 6.46. The van der Waals surface area contributed by atoms with Crippen molar-refractivity contribution in [3.05, 3.63) is 23.3 Å². The number of hydrogen-bond donors (Lipinski definition) is 2. The Balaban J connectivity index is 2.73. The molecule has 0 spiro atoms. The molecule has 0 fully saturated rings. The first-order chi connectivity index (χ1) is 4.88. The van der Waals surface area contributed by atoms with Gasteiger partial charge in [-0.1, -0.05) is 17.7 Å². The zero-order valence-corrected chi connectivity index (χ0v) is 6.14. The first-order valence-electron chi connectivity index (χ1n) is 3.66. The van der Waals surface area contributed by atoms with Crippen LogP contribution in [0.3, 0.4) is 0 Å². The standard InChI is InChI=1S/C8H14N2/c9-5-7-3-1-2-4-8(7)6-10/h1,3H,2,4-6,9-10H2. The second-order valence-electron chi connectivity index (χ2n) is 2.48. The Kier molecular flexibility index (Phi) is 2.66. The van der Waals surface area contributed by atoms with Crippen LogP contribution in [0.25, 0.3) is 0 Å². The molecule has 0 heterocycles. The van der Waals surface area contributed by atoms with Crippen molar-refractivity contribution in [2.75, 3.05) is 13.1 Å². The fraction of sp³-hybridized carbons (Fsp3) is 0.500. The molecule has 0 bridgehead atoms. The highest BCUT2D eigenvalue weighted by Gasteiger charge is 2.03. The van der Waals surface area contributed by atoms with Crippen LogP contribution in [0.5, 0.6) is 0 Å². The Hall–Kier alpha value is -0.600. The van der Waals surface area contributed by atoms with Crippen LogP contribution in [0.15, 0.2) is 23.3 Å². The van der Waals surface area contributed by atoms with Gasteiger partial charge in [0.1, 0.15) is 0 Å². The molecule has 1 rings (SSSR count). The molecule has 1 aliphatic rings. The first kappa shape index (κ1) is 7.51. The number of allylic oxidation sites excluding steroid dienone is 1. The zero-order valence-electron chi connectivity index (χ0n) is 6.14. The van der Waals surface area contributed by atoms with E-state index in [1.54, 1.807) is 0 Å². The van der Waals surface area contributed by atoms with Crippen LogP contribution >= 0.6 is 0 Å². The summed E-state index contributed by atoms with van der Waals surface area (Å²) in [6.45, 7) is 1.29. The summed E-state index contributed by atoms with van der Waals surface area (Å²) in [5, 5.41) is 0. The van der Waals surface area contributed by atoms with Crippen LogP contribution in [-0.4, -0.2) is 13.1 Å². The minimum atomic E-state index is 0.628. The van der Waals surface area contributed by atoms with Gasteiger partial charge in [-0.05, 0) is 18.4 Å². The van der Waals surface area contributed by atoms with E-state index in [2.05, 4.69) is 12.2 Å². The van der Waals surface area contributed by atoms with Crippen LogP contribution in [0, 0.1) is 0 Å². The van der Waals surface area contributed by atoms with E-state index in [1.807, 2.05) is 0 Å². The van der Waals surface area contributed by atoms with Crippen molar-refractivity contribution in [3.63, 3.8) is 0 Å². The van der Waals surface area contributed by atoms with E-state index in [4.69, 9.17) is 11.5 Å². The number of nitrogens with two attached hydrogens (primary N) is 2. The molecule has 56 valence electrons. The molecule has 4 N–H and O–H groups in total. The maximum atomic E-state index is 5.52. The van der Waals surface area contributed by atoms with E-state index in [9.17, 15) is 0 Å². The van der Waals surface area contributed by atoms with Gasteiger partial charge in [0, 0.05) is 13.1 Å². The second-order valence-corrected chi connectivity index (χ2v) is 2.48. The van der Waals surface area contributed by atoms with Crippen LogP contribution in [0.2, 0.25) is 0 Å². The van der Waals surface area contributed by atoms with Gasteiger partial charge in [0.05, 0.1) is 0 Å². The van der Waals surface area contributed by atoms with Gasteiger partial charge in [-0.25, -0.2) is 0 Å². The first-order valence-corrected chi connectivity index (χ1v) is 3.66. The molecule has 1 aliphatic carbocycles. The van der Waals surface area contributed by atoms with Crippen LogP contribution < -0.4 is 11.5 Å². The van der Waals surface area contributed by atoms with Gasteiger partial charge < -0.3 is 11.5 Å². The highest BCUT2D eigenvalue weighted by Crippen LogP contribution is 2.16. The van der Waals surface area contributed by atoms with E-state index in [1.165, 1.54) is 11.1 Å². The third-order valence-corrected chi connectivity index (χ3v) is 1.85. The largest absolute Gasteiger partial charge is 0.327 e. The predicted octanol–water partition coefficient (Wildman–Crippen LogP) is 0.550. The lowest BCUT2D eigenvalue weighted by Crippen LogP contribution is -2.13. The van der Waals surface area contributed by atoms with E-state index in [0.29, 0.717) is 13.1 Å². The number of rotatable bonds is 2. The lowest BCUT2D eigenvalue weighted by Gasteiger charge is -2.12. The topological polar surface area (TPSA) is 52.0 Å². The summed E-state index contributed by atoms with van der Waals surface area (Å²) in [5.74, 6) is 0. The molecule has 0 aromatic heterocycles. The Morgan fingerprint density at radius 3 is 2.60 bits per heavy atom. The lowest BCUT2D eigenvalue weighted by atomic mass is 9.98. The molecule has 0 unspecified atom stereocenters. The van der Waals surface area contributed by atoms with Gasteiger partial charge in [0.25, 0.3) is 0 Å². The average molecular weight is 138 g/mol. The molecule has 0 aromatic carbocycles. The van der Waals surface area contributed by atoms with Crippen molar-refractivity contribution in [2.45, 2.75) is 12.8 Å². The van der Waals surface area contributed by atoms with Gasteiger partial charge in [0.15, 0.2) is 0 Å². The van der Waals surface area contributed by atoms with Crippen molar-refractivity contribution >= 4 is 0 Å². The molecule has 0 atom stereocenters. The van der Waals surface area contributed by atoms with Crippen LogP contribution in [0.1, 0.15) is 12.8 Å². The summed E-state index contributed by atoms with van der Waals surface area (Å²) in [6, 6.07) is 0. The highest BCUT2D eigenvalue weighted by molar-refractivity contribution is 5.31. The van der Waals surface area contributed by atoms with Crippen molar-refractivity contribution in [1.82, 2.24) is 0 Å². The normalized spacial score (nSPS) is 18.2. The summed E-state index contributed by atoms with van der Waals surface area (Å²) < 4.78 is 0. The quantitative estimate of drug-likeness (QED) is 0.585. The second kappa shape index (κ2) is 3.54. The fourth-order valence-corrected chi connectivity index (χ4v) is 1.21. The Labute approximate surface area is 61.6 Å². The third kappa shape index (κ3) is 1.46. The third-order valence-electron chi connectivity index (χ3n) is 1.85. The molecular weight excluding hydrogens is 124 g/mol. The molecule has 0 saturated heterocycles. The van der Waals surface area contributed by atoms with Gasteiger partial charge in [-0.2, -0.15) is 0 Å². The minimum absolute atomic E-state index is 0.628. The average Bonchev–Trinajstić information content (AvgIpc) is 2.04. The fourth-order valence-electron chi connectivity index (χ4n) is 1.21. The molecule has 10 heavy (non-hydrogen) atoms. The molecule has 0 saturated carbocycles. The maximum Gasteiger partial charge on any atom is 0.0178 e. The summed E-state index contributed by atoms with van der Waals surface area (Å²) in [5.41, 5.74) is 13.6. The predicted molar refractivity (Wildman–Crippen MR) is 43.5 cm³/mol. The highest BCUT2D eigenvalue weighted by atomic mass is 14.6. The van der Waals surface area contributed by atoms with Gasteiger partial charge in [-0.3, -0.25) is 0 Å². The van der Waals surface area contributed by atoms with E-state index in [0.717, 1.165) is 12.8 Å². The molecular formula is C8H14N2. The van der Waals surface area contributed by atoms with Crippen molar-refractivity contribution in [1.29, 1.82) is 0 Å². The van der Waals surface area contributed by atoms with Crippen LogP contribution in [0.4, 0.5) is 0 Å². The van der Waals surface area contributed by atoms with Gasteiger partial charge >= 0.3 is 0 Å². The molecule has 0 radical (unpaired) electrons. The Morgan fingerprint density at radius 1 is 1.30 bits per heavy atom. The summed E-state index contributed by atoms with van der Waals surface area (Å²) >= 11 is 0. The summed E-state index contributed by atoms with van der Waals surface area (Å²) in [4.78, 5) is 0. The van der Waals surface area contributed by atoms with E-state index >= 15 is 0 Å². The SMILES string of the molecule is NCC1=C(CN)CCC=C1. The number of hydrogen-bond acceptors (Lipinski definition) is 2. The van der Waals surface area contributed by atoms with Crippen molar-refractivity contribution in [2.24, 2.45) is 11.5 Å². The maximum absolute atomic E-state index is 5.52. The zero-order chi connectivity index (χ0) is 7.40. The minimum Gasteiger partial charge on any atom is -0.327 e. The molecule has 0 amide bonds. The molecule has 0 aliphatic heterocycles.